The molecule has 0 spiro atoms. The van der Waals surface area contributed by atoms with Crippen LogP contribution in [-0.4, -0.2) is 6.61 Å². The van der Waals surface area contributed by atoms with E-state index in [0.717, 1.165) is 18.8 Å². The van der Waals surface area contributed by atoms with Gasteiger partial charge in [-0.05, 0) is 19.9 Å². The summed E-state index contributed by atoms with van der Waals surface area (Å²) in [5.74, 6) is 1.06. The van der Waals surface area contributed by atoms with Gasteiger partial charge >= 0.3 is 0 Å². The van der Waals surface area contributed by atoms with Crippen LogP contribution >= 0.6 is 0 Å². The van der Waals surface area contributed by atoms with E-state index < -0.39 is 0 Å². The molecule has 13 heavy (non-hydrogen) atoms. The van der Waals surface area contributed by atoms with Gasteiger partial charge in [0.15, 0.2) is 0 Å². The zero-order chi connectivity index (χ0) is 10.1. The summed E-state index contributed by atoms with van der Waals surface area (Å²) >= 11 is 0. The highest BCUT2D eigenvalue weighted by atomic mass is 16.5. The zero-order valence-electron chi connectivity index (χ0n) is 9.13. The Morgan fingerprint density at radius 1 is 1.31 bits per heavy atom. The third-order valence-corrected chi connectivity index (χ3v) is 1.56. The van der Waals surface area contributed by atoms with Gasteiger partial charge in [-0.15, -0.1) is 0 Å². The summed E-state index contributed by atoms with van der Waals surface area (Å²) in [5, 5.41) is 0. The predicted molar refractivity (Wildman–Crippen MR) is 58.6 cm³/mol. The molecule has 0 atom stereocenters. The molecule has 0 aromatic carbocycles. The molecule has 1 heteroatoms. The van der Waals surface area contributed by atoms with E-state index in [9.17, 15) is 0 Å². The fourth-order valence-electron chi connectivity index (χ4n) is 1.00. The van der Waals surface area contributed by atoms with Crippen molar-refractivity contribution >= 4 is 0 Å². The first-order valence-electron chi connectivity index (χ1n) is 4.99. The lowest BCUT2D eigenvalue weighted by Gasteiger charge is -2.02. The Bertz CT molecular complexity index is 209. The van der Waals surface area contributed by atoms with E-state index >= 15 is 0 Å². The smallest absolute Gasteiger partial charge is 0.0997 e. The molecule has 1 rings (SSSR count). The van der Waals surface area contributed by atoms with E-state index in [4.69, 9.17) is 4.74 Å². The Kier molecular flexibility index (Phi) is 7.08. The quantitative estimate of drug-likeness (QED) is 0.627. The van der Waals surface area contributed by atoms with Gasteiger partial charge in [0.1, 0.15) is 0 Å². The molecule has 0 unspecified atom stereocenters. The first-order chi connectivity index (χ1) is 6.33. The SMILES string of the molecule is CC.CCOC1=CC=C(C)C=CC1. The fourth-order valence-corrected chi connectivity index (χ4v) is 1.00. The molecule has 1 aliphatic carbocycles. The number of hydrogen-bond donors (Lipinski definition) is 0. The molecule has 0 fully saturated rings. The van der Waals surface area contributed by atoms with Crippen LogP contribution in [0.1, 0.15) is 34.1 Å². The van der Waals surface area contributed by atoms with E-state index in [-0.39, 0.29) is 0 Å². The normalized spacial score (nSPS) is 14.8. The minimum atomic E-state index is 0.757. The van der Waals surface area contributed by atoms with Gasteiger partial charge in [0, 0.05) is 6.42 Å². The van der Waals surface area contributed by atoms with Crippen LogP contribution in [0.15, 0.2) is 35.6 Å². The molecule has 0 saturated carbocycles. The van der Waals surface area contributed by atoms with Gasteiger partial charge in [-0.25, -0.2) is 0 Å². The lowest BCUT2D eigenvalue weighted by Crippen LogP contribution is -1.88. The van der Waals surface area contributed by atoms with Crippen molar-refractivity contribution in [3.63, 3.8) is 0 Å². The van der Waals surface area contributed by atoms with Crippen molar-refractivity contribution in [2.75, 3.05) is 6.61 Å². The predicted octanol–water partition coefficient (Wildman–Crippen LogP) is 3.84. The van der Waals surface area contributed by atoms with E-state index in [1.54, 1.807) is 0 Å². The topological polar surface area (TPSA) is 9.23 Å². The first kappa shape index (κ1) is 12.0. The molecule has 0 heterocycles. The van der Waals surface area contributed by atoms with Gasteiger partial charge in [-0.1, -0.05) is 37.6 Å². The molecule has 0 saturated heterocycles. The Morgan fingerprint density at radius 3 is 2.62 bits per heavy atom. The summed E-state index contributed by atoms with van der Waals surface area (Å²) in [6, 6.07) is 0. The molecule has 0 aliphatic heterocycles. The van der Waals surface area contributed by atoms with Crippen LogP contribution < -0.4 is 0 Å². The number of rotatable bonds is 2. The monoisotopic (exact) mass is 180 g/mol. The van der Waals surface area contributed by atoms with Crippen molar-refractivity contribution < 1.29 is 4.74 Å². The van der Waals surface area contributed by atoms with Crippen LogP contribution in [0.4, 0.5) is 0 Å². The van der Waals surface area contributed by atoms with Crippen molar-refractivity contribution in [1.82, 2.24) is 0 Å². The van der Waals surface area contributed by atoms with Gasteiger partial charge in [0.05, 0.1) is 12.4 Å². The summed E-state index contributed by atoms with van der Waals surface area (Å²) < 4.78 is 5.38. The Labute approximate surface area is 81.8 Å². The van der Waals surface area contributed by atoms with E-state index in [2.05, 4.69) is 25.2 Å². The van der Waals surface area contributed by atoms with Crippen molar-refractivity contribution in [2.45, 2.75) is 34.1 Å². The average Bonchev–Trinajstić information content (AvgIpc) is 2.36. The molecule has 0 radical (unpaired) electrons. The van der Waals surface area contributed by atoms with Gasteiger partial charge < -0.3 is 4.74 Å². The number of ether oxygens (including phenoxy) is 1. The van der Waals surface area contributed by atoms with Crippen LogP contribution in [0, 0.1) is 0 Å². The maximum Gasteiger partial charge on any atom is 0.0997 e. The van der Waals surface area contributed by atoms with Crippen molar-refractivity contribution in [2.24, 2.45) is 0 Å². The fraction of sp³-hybridized carbons (Fsp3) is 0.500. The van der Waals surface area contributed by atoms with Gasteiger partial charge in [0.25, 0.3) is 0 Å². The molecular weight excluding hydrogens is 160 g/mol. The molecule has 74 valence electrons. The van der Waals surface area contributed by atoms with Crippen molar-refractivity contribution in [3.8, 4) is 0 Å². The van der Waals surface area contributed by atoms with Crippen molar-refractivity contribution in [3.05, 3.63) is 35.6 Å². The second-order valence-corrected chi connectivity index (χ2v) is 2.58. The minimum absolute atomic E-state index is 0.757. The highest BCUT2D eigenvalue weighted by molar-refractivity contribution is 5.27. The molecule has 0 aromatic heterocycles. The van der Waals surface area contributed by atoms with E-state index in [1.807, 2.05) is 26.8 Å². The average molecular weight is 180 g/mol. The lowest BCUT2D eigenvalue weighted by molar-refractivity contribution is 0.224. The Morgan fingerprint density at radius 2 is 2.00 bits per heavy atom. The molecule has 0 aromatic rings. The summed E-state index contributed by atoms with van der Waals surface area (Å²) in [7, 11) is 0. The summed E-state index contributed by atoms with van der Waals surface area (Å²) in [4.78, 5) is 0. The second kappa shape index (κ2) is 7.66. The van der Waals surface area contributed by atoms with E-state index in [1.165, 1.54) is 5.57 Å². The standard InChI is InChI=1S/C10H14O.C2H6/c1-3-11-10-6-4-5-9(2)7-8-10;1-2/h4-5,7-8H,3,6H2,1-2H3;1-2H3. The van der Waals surface area contributed by atoms with Crippen molar-refractivity contribution in [1.29, 1.82) is 0 Å². The Balaban J connectivity index is 0.000000671. The third-order valence-electron chi connectivity index (χ3n) is 1.56. The van der Waals surface area contributed by atoms with Crippen LogP contribution in [0.2, 0.25) is 0 Å². The summed E-state index contributed by atoms with van der Waals surface area (Å²) in [6.07, 6.45) is 9.28. The number of hydrogen-bond acceptors (Lipinski definition) is 1. The second-order valence-electron chi connectivity index (χ2n) is 2.58. The van der Waals surface area contributed by atoms with Crippen LogP contribution in [0.5, 0.6) is 0 Å². The summed E-state index contributed by atoms with van der Waals surface area (Å²) in [5.41, 5.74) is 1.28. The maximum atomic E-state index is 5.38. The highest BCUT2D eigenvalue weighted by Gasteiger charge is 1.95. The van der Waals surface area contributed by atoms with Gasteiger partial charge in [-0.3, -0.25) is 0 Å². The molecular formula is C12H20O. The number of allylic oxidation sites excluding steroid dienone is 5. The largest absolute Gasteiger partial charge is 0.498 e. The van der Waals surface area contributed by atoms with Crippen LogP contribution in [-0.2, 0) is 4.74 Å². The molecule has 0 bridgehead atoms. The molecule has 1 nitrogen and oxygen atoms in total. The first-order valence-corrected chi connectivity index (χ1v) is 4.99. The zero-order valence-corrected chi connectivity index (χ0v) is 9.13. The van der Waals surface area contributed by atoms with E-state index in [0.29, 0.717) is 0 Å². The lowest BCUT2D eigenvalue weighted by atomic mass is 10.3. The van der Waals surface area contributed by atoms with Crippen LogP contribution in [0.3, 0.4) is 0 Å². The molecule has 1 aliphatic rings. The molecule has 0 N–H and O–H groups in total. The minimum Gasteiger partial charge on any atom is -0.498 e. The third kappa shape index (κ3) is 5.29. The van der Waals surface area contributed by atoms with Gasteiger partial charge in [-0.2, -0.15) is 0 Å². The molecule has 0 amide bonds. The van der Waals surface area contributed by atoms with Gasteiger partial charge in [0.2, 0.25) is 0 Å². The van der Waals surface area contributed by atoms with Crippen LogP contribution in [0.25, 0.3) is 0 Å². The highest BCUT2D eigenvalue weighted by Crippen LogP contribution is 2.11. The summed E-state index contributed by atoms with van der Waals surface area (Å²) in [6.45, 7) is 8.85. The maximum absolute atomic E-state index is 5.38. The Hall–Kier alpha value is -0.980.